The number of aliphatic hydroxyl groups excluding tert-OH is 1. The van der Waals surface area contributed by atoms with Gasteiger partial charge < -0.3 is 24.2 Å². The van der Waals surface area contributed by atoms with E-state index in [1.807, 2.05) is 31.2 Å². The second-order valence-electron chi connectivity index (χ2n) is 8.85. The third-order valence-electron chi connectivity index (χ3n) is 6.50. The van der Waals surface area contributed by atoms with Gasteiger partial charge in [-0.05, 0) is 66.4 Å². The smallest absolute Gasteiger partial charge is 0.295 e. The number of carbonyl (C=O) groups excluding carboxylic acids is 2. The maximum absolute atomic E-state index is 13.1. The lowest BCUT2D eigenvalue weighted by Gasteiger charge is -2.25. The molecule has 7 heteroatoms. The van der Waals surface area contributed by atoms with Crippen LogP contribution in [0, 0.1) is 6.92 Å². The Labute approximate surface area is 216 Å². The third-order valence-corrected chi connectivity index (χ3v) is 6.50. The van der Waals surface area contributed by atoms with Gasteiger partial charge in [-0.2, -0.15) is 0 Å². The summed E-state index contributed by atoms with van der Waals surface area (Å²) in [5.41, 5.74) is 3.42. The van der Waals surface area contributed by atoms with Crippen LogP contribution in [-0.2, 0) is 20.9 Å². The molecule has 3 aromatic carbocycles. The molecule has 7 nitrogen and oxygen atoms in total. The van der Waals surface area contributed by atoms with Gasteiger partial charge in [0.1, 0.15) is 23.9 Å². The Morgan fingerprint density at radius 3 is 2.24 bits per heavy atom. The molecular formula is C30H31NO6. The lowest BCUT2D eigenvalue weighted by atomic mass is 9.95. The molecule has 4 rings (SSSR count). The van der Waals surface area contributed by atoms with Crippen LogP contribution in [0.4, 0.5) is 0 Å². The van der Waals surface area contributed by atoms with Crippen LogP contribution < -0.4 is 9.47 Å². The van der Waals surface area contributed by atoms with Gasteiger partial charge in [0.15, 0.2) is 0 Å². The fraction of sp³-hybridized carbons (Fsp3) is 0.267. The largest absolute Gasteiger partial charge is 0.507 e. The fourth-order valence-corrected chi connectivity index (χ4v) is 4.42. The Kier molecular flexibility index (Phi) is 8.25. The summed E-state index contributed by atoms with van der Waals surface area (Å²) in [4.78, 5) is 27.6. The number of aryl methyl sites for hydroxylation is 1. The summed E-state index contributed by atoms with van der Waals surface area (Å²) < 4.78 is 16.3. The normalized spacial score (nSPS) is 16.7. The Morgan fingerprint density at radius 1 is 0.919 bits per heavy atom. The molecule has 0 bridgehead atoms. The highest BCUT2D eigenvalue weighted by Crippen LogP contribution is 2.40. The summed E-state index contributed by atoms with van der Waals surface area (Å²) in [5, 5.41) is 11.3. The molecule has 3 aromatic rings. The molecule has 1 atom stereocenters. The standard InChI is InChI=1S/C30H31NO6/c1-20-7-4-5-8-23(20)19-37-25-15-11-22(12-16-25)28(32)26-27(21-9-13-24(36-3)14-10-21)31(17-6-18-35-2)30(34)29(26)33/h4-5,7-16,27,32H,6,17-19H2,1-3H3/b28-26+. The van der Waals surface area contributed by atoms with Crippen molar-refractivity contribution in [1.82, 2.24) is 4.90 Å². The van der Waals surface area contributed by atoms with Gasteiger partial charge in [0.2, 0.25) is 0 Å². The number of methoxy groups -OCH3 is 2. The van der Waals surface area contributed by atoms with Crippen molar-refractivity contribution in [2.45, 2.75) is 26.0 Å². The molecular weight excluding hydrogens is 470 g/mol. The highest BCUT2D eigenvalue weighted by Gasteiger charge is 2.45. The number of benzene rings is 3. The molecule has 0 aliphatic carbocycles. The molecule has 0 radical (unpaired) electrons. The summed E-state index contributed by atoms with van der Waals surface area (Å²) in [6, 6.07) is 21.3. The number of carbonyl (C=O) groups is 2. The third kappa shape index (κ3) is 5.67. The van der Waals surface area contributed by atoms with Gasteiger partial charge >= 0.3 is 0 Å². The number of Topliss-reactive ketones (excluding diaryl/α,β-unsaturated/α-hetero) is 1. The molecule has 0 saturated carbocycles. The van der Waals surface area contributed by atoms with Crippen molar-refractivity contribution in [1.29, 1.82) is 0 Å². The van der Waals surface area contributed by atoms with Gasteiger partial charge in [-0.3, -0.25) is 9.59 Å². The average molecular weight is 502 g/mol. The number of ether oxygens (including phenoxy) is 3. The summed E-state index contributed by atoms with van der Waals surface area (Å²) in [6.45, 7) is 3.21. The highest BCUT2D eigenvalue weighted by atomic mass is 16.5. The SMILES string of the molecule is COCCCN1C(=O)C(=O)/C(=C(/O)c2ccc(OCc3ccccc3C)cc2)C1c1ccc(OC)cc1. The molecule has 1 amide bonds. The second-order valence-corrected chi connectivity index (χ2v) is 8.85. The second kappa shape index (κ2) is 11.8. The molecule has 37 heavy (non-hydrogen) atoms. The van der Waals surface area contributed by atoms with Gasteiger partial charge in [-0.15, -0.1) is 0 Å². The zero-order valence-corrected chi connectivity index (χ0v) is 21.3. The number of amides is 1. The topological polar surface area (TPSA) is 85.3 Å². The molecule has 192 valence electrons. The molecule has 1 heterocycles. The number of ketones is 1. The minimum absolute atomic E-state index is 0.0566. The lowest BCUT2D eigenvalue weighted by molar-refractivity contribution is -0.140. The lowest BCUT2D eigenvalue weighted by Crippen LogP contribution is -2.31. The highest BCUT2D eigenvalue weighted by molar-refractivity contribution is 6.46. The van der Waals surface area contributed by atoms with E-state index in [4.69, 9.17) is 14.2 Å². The monoisotopic (exact) mass is 501 g/mol. The van der Waals surface area contributed by atoms with Crippen LogP contribution in [0.3, 0.4) is 0 Å². The first-order valence-electron chi connectivity index (χ1n) is 12.1. The number of likely N-dealkylation sites (tertiary alicyclic amines) is 1. The van der Waals surface area contributed by atoms with Crippen molar-refractivity contribution >= 4 is 17.4 Å². The first kappa shape index (κ1) is 26.0. The van der Waals surface area contributed by atoms with Crippen LogP contribution in [0.25, 0.3) is 5.76 Å². The zero-order valence-electron chi connectivity index (χ0n) is 21.3. The van der Waals surface area contributed by atoms with E-state index >= 15 is 0 Å². The summed E-state index contributed by atoms with van der Waals surface area (Å²) in [7, 11) is 3.16. The quantitative estimate of drug-likeness (QED) is 0.181. The summed E-state index contributed by atoms with van der Waals surface area (Å²) in [5.74, 6) is -0.293. The molecule has 0 aromatic heterocycles. The van der Waals surface area contributed by atoms with Gasteiger partial charge in [-0.1, -0.05) is 36.4 Å². The van der Waals surface area contributed by atoms with Crippen molar-refractivity contribution in [3.63, 3.8) is 0 Å². The van der Waals surface area contributed by atoms with E-state index in [0.29, 0.717) is 48.8 Å². The minimum atomic E-state index is -0.722. The van der Waals surface area contributed by atoms with Crippen molar-refractivity contribution in [3.05, 3.63) is 101 Å². The van der Waals surface area contributed by atoms with E-state index in [9.17, 15) is 14.7 Å². The number of rotatable bonds is 10. The molecule has 0 spiro atoms. The van der Waals surface area contributed by atoms with Crippen LogP contribution in [0.1, 0.15) is 34.7 Å². The van der Waals surface area contributed by atoms with Crippen LogP contribution in [0.5, 0.6) is 11.5 Å². The minimum Gasteiger partial charge on any atom is -0.507 e. The maximum Gasteiger partial charge on any atom is 0.295 e. The van der Waals surface area contributed by atoms with Crippen LogP contribution in [-0.4, -0.2) is 49.1 Å². The van der Waals surface area contributed by atoms with Gasteiger partial charge in [0.05, 0.1) is 18.7 Å². The first-order valence-corrected chi connectivity index (χ1v) is 12.1. The van der Waals surface area contributed by atoms with E-state index in [-0.39, 0.29) is 11.3 Å². The number of hydrogen-bond donors (Lipinski definition) is 1. The summed E-state index contributed by atoms with van der Waals surface area (Å²) in [6.07, 6.45) is 0.559. The van der Waals surface area contributed by atoms with Gasteiger partial charge in [-0.25, -0.2) is 0 Å². The predicted octanol–water partition coefficient (Wildman–Crippen LogP) is 5.04. The average Bonchev–Trinajstić information content (AvgIpc) is 3.18. The van der Waals surface area contributed by atoms with E-state index in [1.165, 1.54) is 4.90 Å². The Morgan fingerprint density at radius 2 is 1.59 bits per heavy atom. The molecule has 1 N–H and O–H groups in total. The van der Waals surface area contributed by atoms with E-state index in [0.717, 1.165) is 11.1 Å². The maximum atomic E-state index is 13.1. The van der Waals surface area contributed by atoms with E-state index < -0.39 is 17.7 Å². The van der Waals surface area contributed by atoms with E-state index in [1.54, 1.807) is 62.8 Å². The zero-order chi connectivity index (χ0) is 26.4. The first-order chi connectivity index (χ1) is 17.9. The van der Waals surface area contributed by atoms with Gasteiger partial charge in [0, 0.05) is 25.8 Å². The van der Waals surface area contributed by atoms with Crippen molar-refractivity contribution < 1.29 is 28.9 Å². The van der Waals surface area contributed by atoms with Crippen LogP contribution >= 0.6 is 0 Å². The predicted molar refractivity (Wildman–Crippen MR) is 140 cm³/mol. The summed E-state index contributed by atoms with van der Waals surface area (Å²) >= 11 is 0. The molecule has 1 aliphatic rings. The van der Waals surface area contributed by atoms with Crippen molar-refractivity contribution in [2.24, 2.45) is 0 Å². The van der Waals surface area contributed by atoms with E-state index in [2.05, 4.69) is 0 Å². The number of nitrogens with zero attached hydrogens (tertiary/aromatic N) is 1. The van der Waals surface area contributed by atoms with Crippen molar-refractivity contribution in [2.75, 3.05) is 27.4 Å². The van der Waals surface area contributed by atoms with Crippen LogP contribution in [0.2, 0.25) is 0 Å². The fourth-order valence-electron chi connectivity index (χ4n) is 4.42. The molecule has 1 aliphatic heterocycles. The van der Waals surface area contributed by atoms with Gasteiger partial charge in [0.25, 0.3) is 11.7 Å². The Bertz CT molecular complexity index is 1280. The Hall–Kier alpha value is -4.10. The Balaban J connectivity index is 1.64. The van der Waals surface area contributed by atoms with Crippen molar-refractivity contribution in [3.8, 4) is 11.5 Å². The van der Waals surface area contributed by atoms with Crippen LogP contribution in [0.15, 0.2) is 78.4 Å². The molecule has 1 saturated heterocycles. The molecule has 1 unspecified atom stereocenters. The molecule has 1 fully saturated rings. The number of aliphatic hydroxyl groups is 1. The number of hydrogen-bond acceptors (Lipinski definition) is 6.